The van der Waals surface area contributed by atoms with E-state index in [-0.39, 0.29) is 0 Å². The van der Waals surface area contributed by atoms with Gasteiger partial charge in [0.2, 0.25) is 0 Å². The zero-order chi connectivity index (χ0) is 8.10. The van der Waals surface area contributed by atoms with Crippen LogP contribution in [0.3, 0.4) is 0 Å². The van der Waals surface area contributed by atoms with Crippen molar-refractivity contribution in [2.75, 3.05) is 0 Å². The molecule has 0 aromatic heterocycles. The van der Waals surface area contributed by atoms with Crippen molar-refractivity contribution < 1.29 is 0 Å². The largest absolute Gasteiger partial charge is 0.122 e. The van der Waals surface area contributed by atoms with Crippen LogP contribution >= 0.6 is 0 Å². The minimum atomic E-state index is 1.15. The molecule has 0 bridgehead atoms. The molecule has 0 fully saturated rings. The molecular formula is C9H14B2. The van der Waals surface area contributed by atoms with Gasteiger partial charge in [-0.1, -0.05) is 54.9 Å². The summed E-state index contributed by atoms with van der Waals surface area (Å²) in [4.78, 5) is 0. The van der Waals surface area contributed by atoms with E-state index in [1.807, 2.05) is 0 Å². The highest BCUT2D eigenvalue weighted by molar-refractivity contribution is 6.32. The Kier molecular flexibility index (Phi) is 3.28. The molecule has 2 heteroatoms. The maximum Gasteiger partial charge on any atom is 0.122 e. The minimum Gasteiger partial charge on any atom is -0.0891 e. The topological polar surface area (TPSA) is 0 Å². The van der Waals surface area contributed by atoms with Gasteiger partial charge in [0.1, 0.15) is 15.1 Å². The van der Waals surface area contributed by atoms with Crippen molar-refractivity contribution >= 4 is 15.1 Å². The Balaban J connectivity index is 2.74. The maximum absolute atomic E-state index is 2.31. The first-order valence-corrected chi connectivity index (χ1v) is 4.44. The van der Waals surface area contributed by atoms with Crippen molar-refractivity contribution in [1.82, 2.24) is 0 Å². The monoisotopic (exact) mass is 144 g/mol. The first kappa shape index (κ1) is 8.45. The lowest BCUT2D eigenvalue weighted by atomic mass is 9.74. The maximum atomic E-state index is 2.31. The molecule has 1 aromatic carbocycles. The van der Waals surface area contributed by atoms with Gasteiger partial charge < -0.3 is 0 Å². The Bertz CT molecular complexity index is 221. The third-order valence-electron chi connectivity index (χ3n) is 1.94. The van der Waals surface area contributed by atoms with Crippen LogP contribution in [-0.2, 0) is 12.6 Å². The second-order valence-corrected chi connectivity index (χ2v) is 2.92. The number of hydrogen-bond donors (Lipinski definition) is 0. The van der Waals surface area contributed by atoms with E-state index in [1.165, 1.54) is 24.7 Å². The van der Waals surface area contributed by atoms with Gasteiger partial charge in [0, 0.05) is 0 Å². The summed E-state index contributed by atoms with van der Waals surface area (Å²) in [6.07, 6.45) is 2.37. The summed E-state index contributed by atoms with van der Waals surface area (Å²) in [6, 6.07) is 8.87. The van der Waals surface area contributed by atoms with E-state index >= 15 is 0 Å². The molecule has 56 valence electrons. The Morgan fingerprint density at radius 3 is 2.73 bits per heavy atom. The van der Waals surface area contributed by atoms with Crippen molar-refractivity contribution in [3.63, 3.8) is 0 Å². The summed E-state index contributed by atoms with van der Waals surface area (Å²) in [7, 11) is 3.44. The first-order chi connectivity index (χ1) is 5.36. The smallest absolute Gasteiger partial charge is 0.0891 e. The SMILES string of the molecule is BCc1cccc(CBC)c1. The Labute approximate surface area is 70.7 Å². The standard InChI is InChI=1S/C9H14B2/c1-11-7-9-4-2-3-8(5-9)6-10/h2-5,11H,6-7,10H2,1H3. The zero-order valence-corrected chi connectivity index (χ0v) is 7.43. The molecule has 0 aliphatic rings. The Hall–Kier alpha value is -0.650. The molecule has 0 amide bonds. The van der Waals surface area contributed by atoms with Crippen molar-refractivity contribution in [2.24, 2.45) is 0 Å². The van der Waals surface area contributed by atoms with E-state index in [1.54, 1.807) is 0 Å². The number of rotatable bonds is 3. The molecule has 0 atom stereocenters. The zero-order valence-electron chi connectivity index (χ0n) is 7.43. The molecule has 1 aromatic rings. The van der Waals surface area contributed by atoms with Gasteiger partial charge in [0.15, 0.2) is 0 Å². The van der Waals surface area contributed by atoms with Gasteiger partial charge in [-0.15, -0.1) is 0 Å². The molecule has 0 unspecified atom stereocenters. The van der Waals surface area contributed by atoms with E-state index in [4.69, 9.17) is 0 Å². The van der Waals surface area contributed by atoms with Gasteiger partial charge >= 0.3 is 0 Å². The van der Waals surface area contributed by atoms with Crippen LogP contribution in [0.25, 0.3) is 0 Å². The van der Waals surface area contributed by atoms with Crippen molar-refractivity contribution in [2.45, 2.75) is 19.5 Å². The minimum absolute atomic E-state index is 1.15. The summed E-state index contributed by atoms with van der Waals surface area (Å²) < 4.78 is 0. The van der Waals surface area contributed by atoms with Gasteiger partial charge in [-0.3, -0.25) is 0 Å². The highest BCUT2D eigenvalue weighted by Crippen LogP contribution is 2.04. The van der Waals surface area contributed by atoms with Gasteiger partial charge in [-0.05, 0) is 0 Å². The lowest BCUT2D eigenvalue weighted by molar-refractivity contribution is 1.31. The van der Waals surface area contributed by atoms with Crippen LogP contribution in [0.2, 0.25) is 6.82 Å². The molecule has 0 aliphatic carbocycles. The van der Waals surface area contributed by atoms with Crippen molar-refractivity contribution in [3.8, 4) is 0 Å². The second kappa shape index (κ2) is 4.27. The summed E-state index contributed by atoms with van der Waals surface area (Å²) in [6.45, 7) is 2.22. The van der Waals surface area contributed by atoms with Gasteiger partial charge in [-0.2, -0.15) is 0 Å². The second-order valence-electron chi connectivity index (χ2n) is 2.92. The quantitative estimate of drug-likeness (QED) is 0.550. The average molecular weight is 144 g/mol. The molecular weight excluding hydrogens is 130 g/mol. The van der Waals surface area contributed by atoms with Gasteiger partial charge in [0.25, 0.3) is 0 Å². The normalized spacial score (nSPS) is 9.55. The molecule has 0 aliphatic heterocycles. The van der Waals surface area contributed by atoms with E-state index in [9.17, 15) is 0 Å². The fourth-order valence-corrected chi connectivity index (χ4v) is 1.29. The fourth-order valence-electron chi connectivity index (χ4n) is 1.29. The summed E-state index contributed by atoms with van der Waals surface area (Å²) in [5.41, 5.74) is 2.93. The highest BCUT2D eigenvalue weighted by Gasteiger charge is 1.92. The van der Waals surface area contributed by atoms with Crippen LogP contribution in [-0.4, -0.2) is 15.1 Å². The van der Waals surface area contributed by atoms with E-state index < -0.39 is 0 Å². The lowest BCUT2D eigenvalue weighted by Gasteiger charge is -2.00. The molecule has 1 rings (SSSR count). The third-order valence-corrected chi connectivity index (χ3v) is 1.94. The fraction of sp³-hybridized carbons (Fsp3) is 0.333. The summed E-state index contributed by atoms with van der Waals surface area (Å²) in [5.74, 6) is 0. The third kappa shape index (κ3) is 2.45. The molecule has 0 spiro atoms. The average Bonchev–Trinajstić information content (AvgIpc) is 2.06. The van der Waals surface area contributed by atoms with Crippen LogP contribution in [0, 0.1) is 0 Å². The molecule has 0 nitrogen and oxygen atoms in total. The molecule has 0 saturated heterocycles. The predicted octanol–water partition coefficient (Wildman–Crippen LogP) is 0.804. The van der Waals surface area contributed by atoms with Crippen molar-refractivity contribution in [1.29, 1.82) is 0 Å². The molecule has 11 heavy (non-hydrogen) atoms. The van der Waals surface area contributed by atoms with Crippen LogP contribution in [0.4, 0.5) is 0 Å². The van der Waals surface area contributed by atoms with Crippen LogP contribution in [0.1, 0.15) is 11.1 Å². The molecule has 0 radical (unpaired) electrons. The van der Waals surface area contributed by atoms with Crippen LogP contribution in [0.5, 0.6) is 0 Å². The van der Waals surface area contributed by atoms with Crippen LogP contribution in [0.15, 0.2) is 24.3 Å². The first-order valence-electron chi connectivity index (χ1n) is 4.44. The lowest BCUT2D eigenvalue weighted by Crippen LogP contribution is -1.92. The highest BCUT2D eigenvalue weighted by atomic mass is 13.9. The van der Waals surface area contributed by atoms with Gasteiger partial charge in [-0.25, -0.2) is 0 Å². The molecule has 0 heterocycles. The Morgan fingerprint density at radius 2 is 2.09 bits per heavy atom. The van der Waals surface area contributed by atoms with Crippen molar-refractivity contribution in [3.05, 3.63) is 35.4 Å². The predicted molar refractivity (Wildman–Crippen MR) is 55.4 cm³/mol. The Morgan fingerprint density at radius 1 is 1.36 bits per heavy atom. The van der Waals surface area contributed by atoms with E-state index in [2.05, 4.69) is 38.9 Å². The summed E-state index contributed by atoms with van der Waals surface area (Å²) in [5, 5.41) is 0. The van der Waals surface area contributed by atoms with Crippen LogP contribution < -0.4 is 0 Å². The number of benzene rings is 1. The van der Waals surface area contributed by atoms with Gasteiger partial charge in [0.05, 0.1) is 0 Å². The number of hydrogen-bond acceptors (Lipinski definition) is 0. The van der Waals surface area contributed by atoms with E-state index in [0.29, 0.717) is 0 Å². The van der Waals surface area contributed by atoms with E-state index in [0.717, 1.165) is 6.32 Å². The summed E-state index contributed by atoms with van der Waals surface area (Å²) >= 11 is 0. The molecule has 0 N–H and O–H groups in total. The molecule has 0 saturated carbocycles.